The van der Waals surface area contributed by atoms with Gasteiger partial charge in [-0.25, -0.2) is 8.42 Å². The van der Waals surface area contributed by atoms with Gasteiger partial charge in [0.2, 0.25) is 10.0 Å². The van der Waals surface area contributed by atoms with Crippen molar-refractivity contribution < 1.29 is 8.42 Å². The fourth-order valence-electron chi connectivity index (χ4n) is 2.62. The Bertz CT molecular complexity index is 584. The van der Waals surface area contributed by atoms with Crippen molar-refractivity contribution in [1.82, 2.24) is 4.31 Å². The third-order valence-corrected chi connectivity index (χ3v) is 5.57. The van der Waals surface area contributed by atoms with E-state index in [1.807, 2.05) is 0 Å². The minimum atomic E-state index is -3.12. The van der Waals surface area contributed by atoms with Crippen LogP contribution in [-0.4, -0.2) is 25.5 Å². The van der Waals surface area contributed by atoms with Crippen LogP contribution < -0.4 is 5.73 Å². The molecular weight excluding hydrogens is 272 g/mol. The van der Waals surface area contributed by atoms with Gasteiger partial charge < -0.3 is 5.73 Å². The molecule has 0 aromatic heterocycles. The van der Waals surface area contributed by atoms with E-state index in [1.165, 1.54) is 16.1 Å². The molecule has 1 aliphatic rings. The number of hydrogen-bond acceptors (Lipinski definition) is 3. The van der Waals surface area contributed by atoms with Gasteiger partial charge in [-0.3, -0.25) is 0 Å². The zero-order valence-electron chi connectivity index (χ0n) is 12.5. The molecule has 0 fully saturated rings. The van der Waals surface area contributed by atoms with Gasteiger partial charge in [-0.15, -0.1) is 0 Å². The fraction of sp³-hybridized carbons (Fsp3) is 0.600. The molecule has 0 radical (unpaired) electrons. The van der Waals surface area contributed by atoms with Crippen molar-refractivity contribution >= 4 is 10.0 Å². The molecule has 112 valence electrons. The number of fused-ring (bicyclic) bond motifs is 1. The third-order valence-electron chi connectivity index (χ3n) is 4.32. The quantitative estimate of drug-likeness (QED) is 0.925. The highest BCUT2D eigenvalue weighted by molar-refractivity contribution is 7.88. The molecule has 4 nitrogen and oxygen atoms in total. The standard InChI is InChI=1S/C15H24N2O2S/c1-4-11(2)15(16)13-6-5-12-7-8-17(20(3,18)19)10-14(12)9-13/h5-6,9,11,15H,4,7-8,10,16H2,1-3H3. The van der Waals surface area contributed by atoms with E-state index in [2.05, 4.69) is 32.0 Å². The summed E-state index contributed by atoms with van der Waals surface area (Å²) in [4.78, 5) is 0. The highest BCUT2D eigenvalue weighted by Gasteiger charge is 2.24. The van der Waals surface area contributed by atoms with E-state index in [9.17, 15) is 8.42 Å². The number of hydrogen-bond donors (Lipinski definition) is 1. The first-order chi connectivity index (χ1) is 9.32. The van der Waals surface area contributed by atoms with Crippen LogP contribution in [0.15, 0.2) is 18.2 Å². The fourth-order valence-corrected chi connectivity index (χ4v) is 3.42. The molecular formula is C15H24N2O2S. The van der Waals surface area contributed by atoms with Gasteiger partial charge in [-0.1, -0.05) is 38.5 Å². The molecule has 0 saturated heterocycles. The molecule has 2 rings (SSSR count). The van der Waals surface area contributed by atoms with Crippen molar-refractivity contribution in [2.75, 3.05) is 12.8 Å². The zero-order chi connectivity index (χ0) is 14.9. The Hall–Kier alpha value is -0.910. The van der Waals surface area contributed by atoms with Gasteiger partial charge >= 0.3 is 0 Å². The summed E-state index contributed by atoms with van der Waals surface area (Å²) in [6.45, 7) is 5.32. The van der Waals surface area contributed by atoms with E-state index in [0.717, 1.165) is 24.0 Å². The Balaban J connectivity index is 2.27. The zero-order valence-corrected chi connectivity index (χ0v) is 13.3. The minimum absolute atomic E-state index is 0.0129. The molecule has 5 heteroatoms. The van der Waals surface area contributed by atoms with Crippen molar-refractivity contribution in [1.29, 1.82) is 0 Å². The first-order valence-electron chi connectivity index (χ1n) is 7.15. The van der Waals surface area contributed by atoms with E-state index < -0.39 is 10.0 Å². The lowest BCUT2D eigenvalue weighted by molar-refractivity contribution is 0.393. The topological polar surface area (TPSA) is 63.4 Å². The lowest BCUT2D eigenvalue weighted by atomic mass is 9.90. The largest absolute Gasteiger partial charge is 0.324 e. The Morgan fingerprint density at radius 2 is 2.05 bits per heavy atom. The average molecular weight is 296 g/mol. The maximum Gasteiger partial charge on any atom is 0.211 e. The van der Waals surface area contributed by atoms with Gasteiger partial charge in [0.15, 0.2) is 0 Å². The second kappa shape index (κ2) is 5.84. The van der Waals surface area contributed by atoms with Crippen molar-refractivity contribution in [3.05, 3.63) is 34.9 Å². The van der Waals surface area contributed by atoms with Crippen LogP contribution in [0.1, 0.15) is 43.0 Å². The molecule has 1 heterocycles. The normalized spacial score (nSPS) is 19.4. The number of nitrogens with two attached hydrogens (primary N) is 1. The van der Waals surface area contributed by atoms with Gasteiger partial charge in [0.25, 0.3) is 0 Å². The second-order valence-corrected chi connectivity index (χ2v) is 7.77. The molecule has 0 amide bonds. The van der Waals surface area contributed by atoms with Gasteiger partial charge in [-0.2, -0.15) is 4.31 Å². The van der Waals surface area contributed by atoms with Crippen molar-refractivity contribution in [3.8, 4) is 0 Å². The van der Waals surface area contributed by atoms with Crippen LogP contribution in [0.5, 0.6) is 0 Å². The number of nitrogens with zero attached hydrogens (tertiary/aromatic N) is 1. The van der Waals surface area contributed by atoms with Crippen LogP contribution in [0.3, 0.4) is 0 Å². The van der Waals surface area contributed by atoms with Gasteiger partial charge in [0, 0.05) is 19.1 Å². The molecule has 2 atom stereocenters. The molecule has 0 spiro atoms. The van der Waals surface area contributed by atoms with E-state index >= 15 is 0 Å². The summed E-state index contributed by atoms with van der Waals surface area (Å²) in [5.74, 6) is 0.419. The van der Waals surface area contributed by atoms with Crippen LogP contribution in [0.25, 0.3) is 0 Å². The molecule has 1 aromatic rings. The third kappa shape index (κ3) is 3.22. The van der Waals surface area contributed by atoms with Crippen LogP contribution in [0.2, 0.25) is 0 Å². The van der Waals surface area contributed by atoms with Crippen molar-refractivity contribution in [3.63, 3.8) is 0 Å². The molecule has 2 unspecified atom stereocenters. The predicted molar refractivity (Wildman–Crippen MR) is 81.8 cm³/mol. The van der Waals surface area contributed by atoms with E-state index in [1.54, 1.807) is 0 Å². The van der Waals surface area contributed by atoms with E-state index in [4.69, 9.17) is 5.73 Å². The summed E-state index contributed by atoms with van der Waals surface area (Å²) in [7, 11) is -3.12. The molecule has 1 aliphatic heterocycles. The second-order valence-electron chi connectivity index (χ2n) is 5.79. The lowest BCUT2D eigenvalue weighted by Gasteiger charge is -2.28. The Morgan fingerprint density at radius 1 is 1.35 bits per heavy atom. The van der Waals surface area contributed by atoms with Gasteiger partial charge in [-0.05, 0) is 29.0 Å². The lowest BCUT2D eigenvalue weighted by Crippen LogP contribution is -2.35. The molecule has 0 aliphatic carbocycles. The molecule has 0 saturated carbocycles. The van der Waals surface area contributed by atoms with Crippen LogP contribution in [0, 0.1) is 5.92 Å². The summed E-state index contributed by atoms with van der Waals surface area (Å²) in [6.07, 6.45) is 3.09. The van der Waals surface area contributed by atoms with Crippen LogP contribution in [0.4, 0.5) is 0 Å². The minimum Gasteiger partial charge on any atom is -0.324 e. The maximum absolute atomic E-state index is 11.7. The van der Waals surface area contributed by atoms with Gasteiger partial charge in [0.1, 0.15) is 0 Å². The van der Waals surface area contributed by atoms with E-state index in [0.29, 0.717) is 19.0 Å². The van der Waals surface area contributed by atoms with Crippen LogP contribution in [-0.2, 0) is 23.0 Å². The highest BCUT2D eigenvalue weighted by atomic mass is 32.2. The first kappa shape index (κ1) is 15.5. The number of benzene rings is 1. The van der Waals surface area contributed by atoms with Crippen molar-refractivity contribution in [2.24, 2.45) is 11.7 Å². The summed E-state index contributed by atoms with van der Waals surface area (Å²) in [5.41, 5.74) is 9.71. The highest BCUT2D eigenvalue weighted by Crippen LogP contribution is 2.27. The molecule has 20 heavy (non-hydrogen) atoms. The first-order valence-corrected chi connectivity index (χ1v) is 9.00. The summed E-state index contributed by atoms with van der Waals surface area (Å²) >= 11 is 0. The molecule has 2 N–H and O–H groups in total. The average Bonchev–Trinajstić information content (AvgIpc) is 2.43. The molecule has 1 aromatic carbocycles. The Labute approximate surface area is 122 Å². The summed E-state index contributed by atoms with van der Waals surface area (Å²) in [5, 5.41) is 0. The molecule has 0 bridgehead atoms. The Morgan fingerprint density at radius 3 is 2.65 bits per heavy atom. The summed E-state index contributed by atoms with van der Waals surface area (Å²) < 4.78 is 24.9. The monoisotopic (exact) mass is 296 g/mol. The smallest absolute Gasteiger partial charge is 0.211 e. The van der Waals surface area contributed by atoms with Crippen LogP contribution >= 0.6 is 0 Å². The number of rotatable bonds is 4. The predicted octanol–water partition coefficient (Wildman–Crippen LogP) is 2.05. The maximum atomic E-state index is 11.7. The van der Waals surface area contributed by atoms with Crippen molar-refractivity contribution in [2.45, 2.75) is 39.3 Å². The Kier molecular flexibility index (Phi) is 4.52. The number of sulfonamides is 1. The van der Waals surface area contributed by atoms with E-state index in [-0.39, 0.29) is 6.04 Å². The van der Waals surface area contributed by atoms with Gasteiger partial charge in [0.05, 0.1) is 6.26 Å². The SMILES string of the molecule is CCC(C)C(N)c1ccc2c(c1)CN(S(C)(=O)=O)CC2. The summed E-state index contributed by atoms with van der Waals surface area (Å²) in [6, 6.07) is 6.29.